The van der Waals surface area contributed by atoms with Crippen LogP contribution >= 0.6 is 0 Å². The third-order valence-electron chi connectivity index (χ3n) is 4.90. The van der Waals surface area contributed by atoms with Crippen molar-refractivity contribution in [1.82, 2.24) is 10.2 Å². The largest absolute Gasteiger partial charge is 0.368 e. The molecule has 1 aromatic carbocycles. The Morgan fingerprint density at radius 2 is 1.92 bits per heavy atom. The summed E-state index contributed by atoms with van der Waals surface area (Å²) >= 11 is 0. The summed E-state index contributed by atoms with van der Waals surface area (Å²) in [6.07, 6.45) is 4.01. The molecule has 1 amide bonds. The molecule has 1 aromatic rings. The van der Waals surface area contributed by atoms with E-state index in [1.807, 2.05) is 19.1 Å². The third-order valence-corrected chi connectivity index (χ3v) is 4.90. The molecule has 0 spiro atoms. The lowest BCUT2D eigenvalue weighted by Crippen LogP contribution is -2.47. The van der Waals surface area contributed by atoms with Crippen LogP contribution in [0.4, 0.5) is 4.39 Å². The Morgan fingerprint density at radius 1 is 1.25 bits per heavy atom. The molecule has 4 nitrogen and oxygen atoms in total. The van der Waals surface area contributed by atoms with Crippen molar-refractivity contribution in [2.75, 3.05) is 19.7 Å². The van der Waals surface area contributed by atoms with Gasteiger partial charge in [0.1, 0.15) is 11.9 Å². The highest BCUT2D eigenvalue weighted by molar-refractivity contribution is 5.80. The average molecular weight is 334 g/mol. The van der Waals surface area contributed by atoms with Gasteiger partial charge in [-0.25, -0.2) is 4.39 Å². The number of nitrogens with one attached hydrogen (secondary N) is 1. The summed E-state index contributed by atoms with van der Waals surface area (Å²) in [4.78, 5) is 14.5. The van der Waals surface area contributed by atoms with Gasteiger partial charge in [-0.3, -0.25) is 9.69 Å². The van der Waals surface area contributed by atoms with Gasteiger partial charge in [0, 0.05) is 25.7 Å². The SMILES string of the molecule is CC(OCC1CC1)C(=O)NC1CCN(Cc2ccc(F)cc2)CC1. The molecule has 2 fully saturated rings. The van der Waals surface area contributed by atoms with Crippen molar-refractivity contribution in [2.45, 2.75) is 51.3 Å². The second-order valence-electron chi connectivity index (χ2n) is 7.10. The molecule has 132 valence electrons. The summed E-state index contributed by atoms with van der Waals surface area (Å²) in [5, 5.41) is 3.11. The van der Waals surface area contributed by atoms with Crippen LogP contribution in [0.1, 0.15) is 38.2 Å². The molecule has 3 rings (SSSR count). The van der Waals surface area contributed by atoms with Gasteiger partial charge < -0.3 is 10.1 Å². The van der Waals surface area contributed by atoms with Crippen LogP contribution in [0, 0.1) is 11.7 Å². The van der Waals surface area contributed by atoms with E-state index >= 15 is 0 Å². The van der Waals surface area contributed by atoms with Crippen molar-refractivity contribution in [3.8, 4) is 0 Å². The lowest BCUT2D eigenvalue weighted by Gasteiger charge is -2.32. The van der Waals surface area contributed by atoms with Crippen LogP contribution in [0.2, 0.25) is 0 Å². The normalized spacial score (nSPS) is 20.8. The number of halogens is 1. The van der Waals surface area contributed by atoms with Crippen LogP contribution in [-0.2, 0) is 16.1 Å². The van der Waals surface area contributed by atoms with Crippen molar-refractivity contribution < 1.29 is 13.9 Å². The van der Waals surface area contributed by atoms with Gasteiger partial charge in [-0.15, -0.1) is 0 Å². The predicted molar refractivity (Wildman–Crippen MR) is 91.0 cm³/mol. The van der Waals surface area contributed by atoms with Gasteiger partial charge in [0.15, 0.2) is 0 Å². The molecule has 1 saturated heterocycles. The fourth-order valence-electron chi connectivity index (χ4n) is 3.04. The third kappa shape index (κ3) is 5.28. The zero-order chi connectivity index (χ0) is 16.9. The lowest BCUT2D eigenvalue weighted by atomic mass is 10.0. The maximum Gasteiger partial charge on any atom is 0.249 e. The second kappa shape index (κ2) is 8.08. The highest BCUT2D eigenvalue weighted by Gasteiger charge is 2.26. The number of piperidine rings is 1. The number of benzene rings is 1. The fourth-order valence-corrected chi connectivity index (χ4v) is 3.04. The maximum atomic E-state index is 12.9. The molecule has 1 N–H and O–H groups in total. The Bertz CT molecular complexity index is 537. The molecular weight excluding hydrogens is 307 g/mol. The fraction of sp³-hybridized carbons (Fsp3) is 0.632. The van der Waals surface area contributed by atoms with E-state index in [-0.39, 0.29) is 23.9 Å². The van der Waals surface area contributed by atoms with E-state index in [0.717, 1.165) is 38.0 Å². The number of hydrogen-bond acceptors (Lipinski definition) is 3. The van der Waals surface area contributed by atoms with Gasteiger partial charge in [0.2, 0.25) is 5.91 Å². The Morgan fingerprint density at radius 3 is 2.54 bits per heavy atom. The van der Waals surface area contributed by atoms with E-state index < -0.39 is 0 Å². The molecule has 2 aliphatic rings. The number of rotatable bonds is 7. The monoisotopic (exact) mass is 334 g/mol. The molecular formula is C19H27FN2O2. The Hall–Kier alpha value is -1.46. The van der Waals surface area contributed by atoms with Crippen molar-refractivity contribution in [2.24, 2.45) is 5.92 Å². The number of amides is 1. The number of carbonyl (C=O) groups excluding carboxylic acids is 1. The molecule has 1 atom stereocenters. The minimum atomic E-state index is -0.358. The minimum Gasteiger partial charge on any atom is -0.368 e. The summed E-state index contributed by atoms with van der Waals surface area (Å²) < 4.78 is 18.6. The minimum absolute atomic E-state index is 0.00707. The van der Waals surface area contributed by atoms with Crippen molar-refractivity contribution in [3.05, 3.63) is 35.6 Å². The molecule has 1 heterocycles. The van der Waals surface area contributed by atoms with E-state index in [1.54, 1.807) is 0 Å². The van der Waals surface area contributed by atoms with Crippen LogP contribution < -0.4 is 5.32 Å². The molecule has 0 radical (unpaired) electrons. The molecule has 1 aliphatic heterocycles. The van der Waals surface area contributed by atoms with Crippen LogP contribution in [0.5, 0.6) is 0 Å². The summed E-state index contributed by atoms with van der Waals surface area (Å²) in [6.45, 7) is 5.27. The highest BCUT2D eigenvalue weighted by Crippen LogP contribution is 2.29. The number of hydrogen-bond donors (Lipinski definition) is 1. The summed E-state index contributed by atoms with van der Waals surface area (Å²) in [5.74, 6) is 0.487. The van der Waals surface area contributed by atoms with Crippen LogP contribution in [0.25, 0.3) is 0 Å². The van der Waals surface area contributed by atoms with Crippen molar-refractivity contribution in [1.29, 1.82) is 0 Å². The summed E-state index contributed by atoms with van der Waals surface area (Å²) in [7, 11) is 0. The van der Waals surface area contributed by atoms with Crippen LogP contribution in [-0.4, -0.2) is 42.6 Å². The van der Waals surface area contributed by atoms with Crippen molar-refractivity contribution in [3.63, 3.8) is 0 Å². The Balaban J connectivity index is 1.36. The van der Waals surface area contributed by atoms with Crippen LogP contribution in [0.3, 0.4) is 0 Å². The van der Waals surface area contributed by atoms with Crippen molar-refractivity contribution >= 4 is 5.91 Å². The first kappa shape index (κ1) is 17.4. The molecule has 1 aliphatic carbocycles. The first-order valence-corrected chi connectivity index (χ1v) is 8.99. The number of likely N-dealkylation sites (tertiary alicyclic amines) is 1. The molecule has 24 heavy (non-hydrogen) atoms. The summed E-state index contributed by atoms with van der Waals surface area (Å²) in [6, 6.07) is 6.91. The quantitative estimate of drug-likeness (QED) is 0.834. The van der Waals surface area contributed by atoms with Gasteiger partial charge in [0.25, 0.3) is 0 Å². The van der Waals surface area contributed by atoms with Gasteiger partial charge in [-0.2, -0.15) is 0 Å². The van der Waals surface area contributed by atoms with E-state index in [1.165, 1.54) is 25.0 Å². The first-order valence-electron chi connectivity index (χ1n) is 8.99. The topological polar surface area (TPSA) is 41.6 Å². The predicted octanol–water partition coefficient (Wildman–Crippen LogP) is 2.72. The van der Waals surface area contributed by atoms with Gasteiger partial charge in [-0.05, 0) is 56.2 Å². The number of ether oxygens (including phenoxy) is 1. The van der Waals surface area contributed by atoms with E-state index in [9.17, 15) is 9.18 Å². The molecule has 1 unspecified atom stereocenters. The lowest BCUT2D eigenvalue weighted by molar-refractivity contribution is -0.133. The van der Waals surface area contributed by atoms with E-state index in [4.69, 9.17) is 4.74 Å². The van der Waals surface area contributed by atoms with Gasteiger partial charge in [0.05, 0.1) is 6.61 Å². The molecule has 0 aromatic heterocycles. The Kier molecular flexibility index (Phi) is 5.85. The highest BCUT2D eigenvalue weighted by atomic mass is 19.1. The maximum absolute atomic E-state index is 12.9. The standard InChI is InChI=1S/C19H27FN2O2/c1-14(24-13-16-2-3-16)19(23)21-18-8-10-22(11-9-18)12-15-4-6-17(20)7-5-15/h4-7,14,16,18H,2-3,8-13H2,1H3,(H,21,23). The zero-order valence-electron chi connectivity index (χ0n) is 14.3. The molecule has 5 heteroatoms. The number of nitrogens with zero attached hydrogens (tertiary/aromatic N) is 1. The first-order chi connectivity index (χ1) is 11.6. The van der Waals surface area contributed by atoms with E-state index in [2.05, 4.69) is 10.2 Å². The van der Waals surface area contributed by atoms with Crippen LogP contribution in [0.15, 0.2) is 24.3 Å². The van der Waals surface area contributed by atoms with Gasteiger partial charge in [-0.1, -0.05) is 12.1 Å². The average Bonchev–Trinajstić information content (AvgIpc) is 3.41. The number of carbonyl (C=O) groups is 1. The molecule has 1 saturated carbocycles. The van der Waals surface area contributed by atoms with E-state index in [0.29, 0.717) is 12.5 Å². The smallest absolute Gasteiger partial charge is 0.249 e. The molecule has 0 bridgehead atoms. The summed E-state index contributed by atoms with van der Waals surface area (Å²) in [5.41, 5.74) is 1.13. The Labute approximate surface area is 143 Å². The van der Waals surface area contributed by atoms with Gasteiger partial charge >= 0.3 is 0 Å². The zero-order valence-corrected chi connectivity index (χ0v) is 14.3. The second-order valence-corrected chi connectivity index (χ2v) is 7.10.